The highest BCUT2D eigenvalue weighted by Crippen LogP contribution is 2.75. The van der Waals surface area contributed by atoms with Crippen molar-refractivity contribution in [1.29, 1.82) is 0 Å². The maximum atomic E-state index is 12.9. The van der Waals surface area contributed by atoms with Crippen molar-refractivity contribution in [1.82, 2.24) is 0 Å². The lowest BCUT2D eigenvalue weighted by Gasteiger charge is -2.70. The number of carboxylic acid groups (broad SMARTS) is 1. The lowest BCUT2D eigenvalue weighted by molar-refractivity contribution is -0.204. The second-order valence-corrected chi connectivity index (χ2v) is 15.0. The van der Waals surface area contributed by atoms with Crippen LogP contribution >= 0.6 is 0 Å². The minimum atomic E-state index is -1.02. The van der Waals surface area contributed by atoms with Crippen molar-refractivity contribution >= 4 is 5.97 Å². The summed E-state index contributed by atoms with van der Waals surface area (Å²) in [4.78, 5) is 12.9. The van der Waals surface area contributed by atoms with Gasteiger partial charge in [0.05, 0.1) is 17.6 Å². The number of aliphatic hydroxyl groups is 1. The van der Waals surface area contributed by atoms with Crippen molar-refractivity contribution in [2.24, 2.45) is 50.7 Å². The zero-order valence-electron chi connectivity index (χ0n) is 23.9. The lowest BCUT2D eigenvalue weighted by atomic mass is 9.34. The van der Waals surface area contributed by atoms with E-state index in [9.17, 15) is 15.0 Å². The van der Waals surface area contributed by atoms with Crippen LogP contribution in [-0.4, -0.2) is 41.8 Å². The Morgan fingerprint density at radius 2 is 1.72 bits per heavy atom. The summed E-state index contributed by atoms with van der Waals surface area (Å²) >= 11 is 0. The molecule has 3 saturated carbocycles. The number of carbonyl (C=O) groups is 1. The minimum Gasteiger partial charge on any atom is -0.481 e. The third kappa shape index (κ3) is 3.21. The summed E-state index contributed by atoms with van der Waals surface area (Å²) in [6.07, 6.45) is 9.32. The Kier molecular flexibility index (Phi) is 5.97. The van der Waals surface area contributed by atoms with Gasteiger partial charge in [-0.3, -0.25) is 4.79 Å². The van der Waals surface area contributed by atoms with E-state index >= 15 is 0 Å². The Hall–Kier alpha value is -0.910. The van der Waals surface area contributed by atoms with Crippen LogP contribution in [-0.2, 0) is 14.3 Å². The minimum absolute atomic E-state index is 0.0302. The molecule has 1 aliphatic heterocycles. The quantitative estimate of drug-likeness (QED) is 0.425. The number of aliphatic carboxylic acids is 1. The normalized spacial score (nSPS) is 54.1. The lowest BCUT2D eigenvalue weighted by Crippen LogP contribution is -2.66. The Morgan fingerprint density at radius 3 is 2.36 bits per heavy atom. The molecule has 4 fully saturated rings. The topological polar surface area (TPSA) is 76.0 Å². The number of methoxy groups -OCH3 is 1. The predicted molar refractivity (Wildman–Crippen MR) is 140 cm³/mol. The average molecular weight is 503 g/mol. The molecule has 0 aromatic rings. The maximum Gasteiger partial charge on any atom is 0.310 e. The number of carboxylic acids is 1. The third-order valence-corrected chi connectivity index (χ3v) is 13.2. The molecule has 5 aliphatic rings. The highest BCUT2D eigenvalue weighted by molar-refractivity contribution is 5.77. The molecule has 5 rings (SSSR count). The number of allylic oxidation sites excluding steroid dienone is 1. The molecule has 0 radical (unpaired) electrons. The van der Waals surface area contributed by atoms with Crippen LogP contribution in [0.25, 0.3) is 0 Å². The summed E-state index contributed by atoms with van der Waals surface area (Å²) in [6, 6.07) is 0. The Labute approximate surface area is 218 Å². The SMILES string of the molecule is CO[C@@H]1C[C@]2(C)[C@H]3CC=C4[C@H]5[C@](C(=O)O)(CC[C@@H](C)[C@@]5(C)O)CC[C@@]4(C)[C@]3(C)CC[C@H]2C(C)(C)CO1. The second-order valence-electron chi connectivity index (χ2n) is 15.0. The van der Waals surface area contributed by atoms with Crippen molar-refractivity contribution in [3.63, 3.8) is 0 Å². The molecule has 36 heavy (non-hydrogen) atoms. The van der Waals surface area contributed by atoms with Crippen molar-refractivity contribution in [3.05, 3.63) is 11.6 Å². The van der Waals surface area contributed by atoms with E-state index in [0.717, 1.165) is 45.1 Å². The van der Waals surface area contributed by atoms with Crippen molar-refractivity contribution in [3.8, 4) is 0 Å². The number of hydrogen-bond donors (Lipinski definition) is 2. The van der Waals surface area contributed by atoms with E-state index in [0.29, 0.717) is 24.7 Å². The molecule has 1 saturated heterocycles. The fourth-order valence-corrected chi connectivity index (χ4v) is 10.8. The highest BCUT2D eigenvalue weighted by Gasteiger charge is 2.71. The number of ether oxygens (including phenoxy) is 2. The summed E-state index contributed by atoms with van der Waals surface area (Å²) < 4.78 is 12.1. The Balaban J connectivity index is 1.65. The second kappa shape index (κ2) is 8.05. The monoisotopic (exact) mass is 502 g/mol. The van der Waals surface area contributed by atoms with Gasteiger partial charge in [0.1, 0.15) is 0 Å². The standard InChI is InChI=1S/C31H50O5/c1-19-11-14-31(25(32)33)16-15-28(5)20(24(31)30(19,7)34)9-10-22-27(4)17-23(35-8)36-18-26(2,3)21(27)12-13-29(22,28)6/h9,19,21-24,34H,10-18H2,1-8H3,(H,32,33)/t19-,21+,22-,23+,24-,27+,28-,29-,30-,31+/m1/s1. The van der Waals surface area contributed by atoms with E-state index in [2.05, 4.69) is 47.6 Å². The molecule has 10 atom stereocenters. The first-order chi connectivity index (χ1) is 16.6. The first-order valence-corrected chi connectivity index (χ1v) is 14.4. The largest absolute Gasteiger partial charge is 0.481 e. The van der Waals surface area contributed by atoms with Crippen LogP contribution in [0.2, 0.25) is 0 Å². The van der Waals surface area contributed by atoms with Crippen LogP contribution in [0.5, 0.6) is 0 Å². The van der Waals surface area contributed by atoms with Crippen LogP contribution < -0.4 is 0 Å². The highest BCUT2D eigenvalue weighted by atomic mass is 16.7. The summed E-state index contributed by atoms with van der Waals surface area (Å²) in [5.41, 5.74) is -0.597. The molecule has 0 spiro atoms. The van der Waals surface area contributed by atoms with Crippen LogP contribution in [0.1, 0.15) is 99.8 Å². The Bertz CT molecular complexity index is 953. The molecular weight excluding hydrogens is 452 g/mol. The Morgan fingerprint density at radius 1 is 1.03 bits per heavy atom. The van der Waals surface area contributed by atoms with Gasteiger partial charge >= 0.3 is 5.97 Å². The van der Waals surface area contributed by atoms with Crippen LogP contribution in [0.15, 0.2) is 11.6 Å². The molecule has 0 aromatic heterocycles. The van der Waals surface area contributed by atoms with E-state index in [1.165, 1.54) is 5.57 Å². The van der Waals surface area contributed by atoms with Crippen molar-refractivity contribution in [2.45, 2.75) is 112 Å². The number of hydrogen-bond acceptors (Lipinski definition) is 4. The summed E-state index contributed by atoms with van der Waals surface area (Å²) in [5.74, 6) is 0.0464. The van der Waals surface area contributed by atoms with Gasteiger partial charge in [0.25, 0.3) is 0 Å². The zero-order chi connectivity index (χ0) is 26.5. The van der Waals surface area contributed by atoms with E-state index in [1.807, 2.05) is 6.92 Å². The number of fused-ring (bicyclic) bond motifs is 7. The van der Waals surface area contributed by atoms with Gasteiger partial charge in [0.2, 0.25) is 0 Å². The molecule has 1 heterocycles. The van der Waals surface area contributed by atoms with Crippen LogP contribution in [0.3, 0.4) is 0 Å². The van der Waals surface area contributed by atoms with Gasteiger partial charge in [-0.25, -0.2) is 0 Å². The molecule has 0 amide bonds. The van der Waals surface area contributed by atoms with Gasteiger partial charge < -0.3 is 19.7 Å². The van der Waals surface area contributed by atoms with Gasteiger partial charge in [-0.05, 0) is 91.3 Å². The molecule has 5 heteroatoms. The van der Waals surface area contributed by atoms with Crippen molar-refractivity contribution < 1.29 is 24.5 Å². The van der Waals surface area contributed by atoms with Gasteiger partial charge in [-0.2, -0.15) is 0 Å². The first-order valence-electron chi connectivity index (χ1n) is 14.4. The van der Waals surface area contributed by atoms with E-state index in [-0.39, 0.29) is 39.8 Å². The summed E-state index contributed by atoms with van der Waals surface area (Å²) in [5, 5.41) is 22.5. The molecule has 4 aliphatic carbocycles. The van der Waals surface area contributed by atoms with Crippen LogP contribution in [0, 0.1) is 50.7 Å². The first kappa shape index (κ1) is 26.7. The van der Waals surface area contributed by atoms with E-state index in [4.69, 9.17) is 9.47 Å². The van der Waals surface area contributed by atoms with E-state index < -0.39 is 17.0 Å². The van der Waals surface area contributed by atoms with Crippen molar-refractivity contribution in [2.75, 3.05) is 13.7 Å². The molecule has 0 unspecified atom stereocenters. The molecular formula is C31H50O5. The molecule has 204 valence electrons. The summed E-state index contributed by atoms with van der Waals surface area (Å²) in [6.45, 7) is 16.9. The summed E-state index contributed by atoms with van der Waals surface area (Å²) in [7, 11) is 1.77. The third-order valence-electron chi connectivity index (χ3n) is 13.2. The number of rotatable bonds is 2. The van der Waals surface area contributed by atoms with E-state index in [1.54, 1.807) is 7.11 Å². The predicted octanol–water partition coefficient (Wildman–Crippen LogP) is 6.44. The zero-order valence-corrected chi connectivity index (χ0v) is 23.9. The van der Waals surface area contributed by atoms with Gasteiger partial charge in [-0.15, -0.1) is 0 Å². The fraction of sp³-hybridized carbons (Fsp3) is 0.903. The fourth-order valence-electron chi connectivity index (χ4n) is 10.8. The van der Waals surface area contributed by atoms with Gasteiger partial charge in [0, 0.05) is 19.4 Å². The molecule has 5 nitrogen and oxygen atoms in total. The molecule has 0 bridgehead atoms. The average Bonchev–Trinajstić information content (AvgIpc) is 2.89. The maximum absolute atomic E-state index is 12.9. The smallest absolute Gasteiger partial charge is 0.310 e. The van der Waals surface area contributed by atoms with Gasteiger partial charge in [0.15, 0.2) is 6.29 Å². The van der Waals surface area contributed by atoms with Gasteiger partial charge in [-0.1, -0.05) is 53.2 Å². The molecule has 0 aromatic carbocycles. The van der Waals surface area contributed by atoms with Crippen LogP contribution in [0.4, 0.5) is 0 Å². The molecule has 2 N–H and O–H groups in total.